The lowest BCUT2D eigenvalue weighted by Gasteiger charge is -2.10. The molecule has 4 rings (SSSR count). The largest absolute Gasteiger partial charge is 0.381 e. The molecule has 1 atom stereocenters. The van der Waals surface area contributed by atoms with Crippen molar-refractivity contribution in [1.82, 2.24) is 0 Å². The van der Waals surface area contributed by atoms with Crippen LogP contribution < -0.4 is 0 Å². The highest BCUT2D eigenvalue weighted by molar-refractivity contribution is 5.66. The number of rotatable bonds is 5. The SMILES string of the molecule is OC(/C(F)=C/c1ccc(-c2ccccc2)cc1)c1ccc(-c2ccccc2)cc1. The van der Waals surface area contributed by atoms with Crippen LogP contribution in [0.1, 0.15) is 17.2 Å². The van der Waals surface area contributed by atoms with Gasteiger partial charge in [-0.1, -0.05) is 109 Å². The van der Waals surface area contributed by atoms with Crippen LogP contribution in [0.5, 0.6) is 0 Å². The molecule has 4 aromatic rings. The molecule has 0 saturated carbocycles. The van der Waals surface area contributed by atoms with E-state index in [9.17, 15) is 9.50 Å². The van der Waals surface area contributed by atoms with Crippen molar-refractivity contribution in [3.8, 4) is 22.3 Å². The van der Waals surface area contributed by atoms with Crippen molar-refractivity contribution in [3.63, 3.8) is 0 Å². The van der Waals surface area contributed by atoms with Crippen molar-refractivity contribution in [2.75, 3.05) is 0 Å². The Morgan fingerprint density at radius 3 is 1.48 bits per heavy atom. The molecule has 0 aliphatic carbocycles. The zero-order chi connectivity index (χ0) is 20.1. The third-order valence-electron chi connectivity index (χ3n) is 4.92. The normalized spacial score (nSPS) is 12.6. The number of hydrogen-bond donors (Lipinski definition) is 1. The number of benzene rings is 4. The van der Waals surface area contributed by atoms with Crippen LogP contribution in [0.4, 0.5) is 4.39 Å². The van der Waals surface area contributed by atoms with E-state index in [0.29, 0.717) is 11.1 Å². The van der Waals surface area contributed by atoms with Crippen LogP contribution in [0.3, 0.4) is 0 Å². The van der Waals surface area contributed by atoms with E-state index in [0.717, 1.165) is 22.3 Å². The fourth-order valence-electron chi connectivity index (χ4n) is 3.29. The van der Waals surface area contributed by atoms with Crippen LogP contribution in [-0.2, 0) is 0 Å². The first-order valence-electron chi connectivity index (χ1n) is 9.57. The molecule has 1 unspecified atom stereocenters. The summed E-state index contributed by atoms with van der Waals surface area (Å²) in [6, 6.07) is 34.9. The highest BCUT2D eigenvalue weighted by Crippen LogP contribution is 2.28. The maximum atomic E-state index is 14.6. The van der Waals surface area contributed by atoms with Crippen LogP contribution >= 0.6 is 0 Å². The minimum atomic E-state index is -1.28. The standard InChI is InChI=1S/C27H21FO/c28-26(19-20-11-13-23(14-12-20)21-7-3-1-4-8-21)27(29)25-17-15-24(16-18-25)22-9-5-2-6-10-22/h1-19,27,29H/b26-19-. The molecular formula is C27H21FO. The highest BCUT2D eigenvalue weighted by atomic mass is 19.1. The zero-order valence-corrected chi connectivity index (χ0v) is 15.9. The summed E-state index contributed by atoms with van der Waals surface area (Å²) in [7, 11) is 0. The van der Waals surface area contributed by atoms with Gasteiger partial charge in [-0.3, -0.25) is 0 Å². The van der Waals surface area contributed by atoms with Gasteiger partial charge in [-0.25, -0.2) is 4.39 Å². The predicted octanol–water partition coefficient (Wildman–Crippen LogP) is 7.06. The molecule has 0 fully saturated rings. The molecule has 29 heavy (non-hydrogen) atoms. The molecule has 1 nitrogen and oxygen atoms in total. The van der Waals surface area contributed by atoms with Crippen molar-refractivity contribution in [2.24, 2.45) is 0 Å². The van der Waals surface area contributed by atoms with Gasteiger partial charge in [-0.05, 0) is 39.5 Å². The molecule has 2 heteroatoms. The second kappa shape index (κ2) is 8.68. The monoisotopic (exact) mass is 380 g/mol. The average molecular weight is 380 g/mol. The van der Waals surface area contributed by atoms with Crippen molar-refractivity contribution in [2.45, 2.75) is 6.10 Å². The zero-order valence-electron chi connectivity index (χ0n) is 15.9. The van der Waals surface area contributed by atoms with Gasteiger partial charge in [-0.2, -0.15) is 0 Å². The van der Waals surface area contributed by atoms with Gasteiger partial charge in [0.25, 0.3) is 0 Å². The lowest BCUT2D eigenvalue weighted by molar-refractivity contribution is 0.188. The fourth-order valence-corrected chi connectivity index (χ4v) is 3.29. The van der Waals surface area contributed by atoms with E-state index in [1.165, 1.54) is 6.08 Å². The van der Waals surface area contributed by atoms with E-state index in [4.69, 9.17) is 0 Å². The van der Waals surface area contributed by atoms with Gasteiger partial charge in [0.05, 0.1) is 0 Å². The molecule has 4 aromatic carbocycles. The van der Waals surface area contributed by atoms with E-state index in [1.54, 1.807) is 12.1 Å². The Kier molecular flexibility index (Phi) is 5.64. The van der Waals surface area contributed by atoms with Crippen LogP contribution in [0.2, 0.25) is 0 Å². The Bertz CT molecular complexity index is 1080. The molecule has 0 aliphatic rings. The number of hydrogen-bond acceptors (Lipinski definition) is 1. The Hall–Kier alpha value is -3.49. The van der Waals surface area contributed by atoms with Crippen molar-refractivity contribution >= 4 is 6.08 Å². The van der Waals surface area contributed by atoms with Gasteiger partial charge >= 0.3 is 0 Å². The van der Waals surface area contributed by atoms with E-state index >= 15 is 0 Å². The van der Waals surface area contributed by atoms with Crippen LogP contribution in [0, 0.1) is 0 Å². The summed E-state index contributed by atoms with van der Waals surface area (Å²) in [6.07, 6.45) is 0.0958. The lowest BCUT2D eigenvalue weighted by Crippen LogP contribution is -1.98. The van der Waals surface area contributed by atoms with Crippen molar-refractivity contribution < 1.29 is 9.50 Å². The van der Waals surface area contributed by atoms with Gasteiger partial charge in [-0.15, -0.1) is 0 Å². The number of halogens is 1. The Labute approximate surface area is 170 Å². The first kappa shape index (κ1) is 18.9. The molecule has 0 saturated heterocycles. The smallest absolute Gasteiger partial charge is 0.134 e. The molecule has 142 valence electrons. The molecule has 0 spiro atoms. The molecule has 0 amide bonds. The van der Waals surface area contributed by atoms with Crippen LogP contribution in [0.15, 0.2) is 115 Å². The molecule has 0 aliphatic heterocycles. The summed E-state index contributed by atoms with van der Waals surface area (Å²) in [4.78, 5) is 0. The third kappa shape index (κ3) is 4.50. The summed E-state index contributed by atoms with van der Waals surface area (Å²) in [6.45, 7) is 0. The third-order valence-corrected chi connectivity index (χ3v) is 4.92. The van der Waals surface area contributed by atoms with E-state index in [1.807, 2.05) is 97.1 Å². The molecule has 1 N–H and O–H groups in total. The summed E-state index contributed by atoms with van der Waals surface area (Å²) in [5, 5.41) is 10.4. The Morgan fingerprint density at radius 2 is 1.00 bits per heavy atom. The maximum absolute atomic E-state index is 14.6. The summed E-state index contributed by atoms with van der Waals surface area (Å²) in [5.41, 5.74) is 5.54. The number of aliphatic hydroxyl groups is 1. The highest BCUT2D eigenvalue weighted by Gasteiger charge is 2.13. The van der Waals surface area contributed by atoms with Crippen molar-refractivity contribution in [1.29, 1.82) is 0 Å². The van der Waals surface area contributed by atoms with Gasteiger partial charge in [0.15, 0.2) is 0 Å². The van der Waals surface area contributed by atoms with E-state index in [2.05, 4.69) is 0 Å². The maximum Gasteiger partial charge on any atom is 0.134 e. The van der Waals surface area contributed by atoms with E-state index in [-0.39, 0.29) is 0 Å². The van der Waals surface area contributed by atoms with Gasteiger partial charge in [0.1, 0.15) is 11.9 Å². The van der Waals surface area contributed by atoms with Crippen LogP contribution in [-0.4, -0.2) is 5.11 Å². The number of aliphatic hydroxyl groups excluding tert-OH is 1. The quantitative estimate of drug-likeness (QED) is 0.393. The first-order chi connectivity index (χ1) is 14.2. The topological polar surface area (TPSA) is 20.2 Å². The minimum Gasteiger partial charge on any atom is -0.381 e. The molecule has 0 aromatic heterocycles. The summed E-state index contributed by atoms with van der Waals surface area (Å²) < 4.78 is 14.6. The second-order valence-corrected chi connectivity index (χ2v) is 6.91. The fraction of sp³-hybridized carbons (Fsp3) is 0.0370. The average Bonchev–Trinajstić information content (AvgIpc) is 2.80. The molecule has 0 heterocycles. The van der Waals surface area contributed by atoms with Gasteiger partial charge < -0.3 is 5.11 Å². The second-order valence-electron chi connectivity index (χ2n) is 6.91. The predicted molar refractivity (Wildman–Crippen MR) is 118 cm³/mol. The Balaban J connectivity index is 1.50. The molecular weight excluding hydrogens is 359 g/mol. The van der Waals surface area contributed by atoms with Gasteiger partial charge in [0.2, 0.25) is 0 Å². The lowest BCUT2D eigenvalue weighted by atomic mass is 10.0. The summed E-state index contributed by atoms with van der Waals surface area (Å²) in [5.74, 6) is -0.579. The first-order valence-corrected chi connectivity index (χ1v) is 9.57. The van der Waals surface area contributed by atoms with Gasteiger partial charge in [0, 0.05) is 0 Å². The van der Waals surface area contributed by atoms with E-state index < -0.39 is 11.9 Å². The molecule has 0 bridgehead atoms. The molecule has 0 radical (unpaired) electrons. The van der Waals surface area contributed by atoms with Crippen molar-refractivity contribution in [3.05, 3.63) is 126 Å². The Morgan fingerprint density at radius 1 is 0.586 bits per heavy atom. The summed E-state index contributed by atoms with van der Waals surface area (Å²) >= 11 is 0. The minimum absolute atomic E-state index is 0.527. The van der Waals surface area contributed by atoms with Crippen LogP contribution in [0.25, 0.3) is 28.3 Å².